The highest BCUT2D eigenvalue weighted by molar-refractivity contribution is 8.76. The Morgan fingerprint density at radius 2 is 1.71 bits per heavy atom. The highest BCUT2D eigenvalue weighted by Gasteiger charge is 2.47. The quantitative estimate of drug-likeness (QED) is 0.0163. The molecule has 2 saturated heterocycles. The lowest BCUT2D eigenvalue weighted by atomic mass is 9.98. The molecule has 5 aromatic rings. The number of aryl methyl sites for hydroxylation is 1. The van der Waals surface area contributed by atoms with Gasteiger partial charge in [0, 0.05) is 136 Å². The van der Waals surface area contributed by atoms with Gasteiger partial charge in [-0.15, -0.1) is 0 Å². The number of nitrogen functional groups attached to an aromatic ring is 1. The number of nitriles is 1. The molecule has 3 aliphatic rings. The third kappa shape index (κ3) is 19.7. The summed E-state index contributed by atoms with van der Waals surface area (Å²) in [4.78, 5) is 94.7. The lowest BCUT2D eigenvalue weighted by Gasteiger charge is -2.22. The number of likely N-dealkylation sites (tertiary alicyclic amines) is 1. The lowest BCUT2D eigenvalue weighted by Crippen LogP contribution is -2.48. The Hall–Kier alpha value is -8.16. The van der Waals surface area contributed by atoms with Gasteiger partial charge < -0.3 is 60.9 Å². The zero-order chi connectivity index (χ0) is 63.3. The van der Waals surface area contributed by atoms with Crippen molar-refractivity contribution in [3.05, 3.63) is 114 Å². The fraction of sp³-hybridized carbons (Fsp3) is 0.452. The van der Waals surface area contributed by atoms with Crippen LogP contribution in [-0.2, 0) is 69.0 Å². The van der Waals surface area contributed by atoms with E-state index in [0.717, 1.165) is 49.8 Å². The number of hydrogen-bond donors (Lipinski definition) is 6. The van der Waals surface area contributed by atoms with Gasteiger partial charge in [-0.3, -0.25) is 38.8 Å². The molecule has 0 saturated carbocycles. The fourth-order valence-electron chi connectivity index (χ4n) is 10.6. The van der Waals surface area contributed by atoms with Crippen LogP contribution < -0.4 is 37.1 Å². The van der Waals surface area contributed by atoms with E-state index in [1.54, 1.807) is 36.7 Å². The number of methoxy groups -OCH3 is 2. The van der Waals surface area contributed by atoms with Crippen LogP contribution in [-0.4, -0.2) is 169 Å². The number of aromatic nitrogens is 3. The normalized spacial score (nSPS) is 17.0. The zero-order valence-corrected chi connectivity index (χ0v) is 51.3. The van der Waals surface area contributed by atoms with Crippen LogP contribution in [0.3, 0.4) is 0 Å². The predicted molar refractivity (Wildman–Crippen MR) is 331 cm³/mol. The minimum atomic E-state index is -2.96. The molecule has 27 heteroatoms. The molecule has 5 amide bonds. The number of carbonyl (C=O) groups is 6. The van der Waals surface area contributed by atoms with E-state index in [9.17, 15) is 42.8 Å². The molecule has 8 rings (SSSR count). The molecule has 4 atom stereocenters. The number of anilines is 1. The molecule has 3 aromatic heterocycles. The van der Waals surface area contributed by atoms with E-state index >= 15 is 0 Å². The van der Waals surface area contributed by atoms with Crippen LogP contribution in [0, 0.1) is 17.2 Å². The number of fused-ring (bicyclic) bond motifs is 2. The molecular weight excluding hydrogens is 1190 g/mol. The van der Waals surface area contributed by atoms with Crippen molar-refractivity contribution < 1.29 is 61.2 Å². The molecule has 0 spiro atoms. The average Bonchev–Trinajstić information content (AvgIpc) is 3.49. The fourth-order valence-corrected chi connectivity index (χ4v) is 12.6. The van der Waals surface area contributed by atoms with E-state index in [0.29, 0.717) is 80.9 Å². The Labute approximate surface area is 522 Å². The molecule has 0 radical (unpaired) electrons. The van der Waals surface area contributed by atoms with Crippen LogP contribution in [0.2, 0.25) is 0 Å². The number of alkyl halides is 2. The number of carbonyl (C=O) groups excluding carboxylic acids is 6. The van der Waals surface area contributed by atoms with Gasteiger partial charge in [-0.2, -0.15) is 5.26 Å². The Kier molecular flexibility index (Phi) is 24.7. The van der Waals surface area contributed by atoms with Gasteiger partial charge in [-0.25, -0.2) is 18.6 Å². The first-order valence-electron chi connectivity index (χ1n) is 29.2. The molecule has 2 fully saturated rings. The summed E-state index contributed by atoms with van der Waals surface area (Å²) in [6.45, 7) is 6.11. The second-order valence-corrected chi connectivity index (χ2v) is 24.2. The molecule has 23 nitrogen and oxygen atoms in total. The smallest absolute Gasteiger partial charge is 0.480 e. The molecule has 89 heavy (non-hydrogen) atoms. The summed E-state index contributed by atoms with van der Waals surface area (Å²) in [7, 11) is 5.76. The van der Waals surface area contributed by atoms with Gasteiger partial charge in [0.25, 0.3) is 5.92 Å². The van der Waals surface area contributed by atoms with Gasteiger partial charge in [-0.05, 0) is 77.4 Å². The van der Waals surface area contributed by atoms with Crippen molar-refractivity contribution in [1.29, 1.82) is 5.26 Å². The third-order valence-electron chi connectivity index (χ3n) is 15.2. The first kappa shape index (κ1) is 66.8. The summed E-state index contributed by atoms with van der Waals surface area (Å²) in [6, 6.07) is 18.7. The number of nitrogens with zero attached hydrogens (tertiary/aromatic N) is 6. The maximum Gasteiger partial charge on any atom is 0.508 e. The summed E-state index contributed by atoms with van der Waals surface area (Å²) in [6.07, 6.45) is 4.97. The highest BCUT2D eigenvalue weighted by atomic mass is 33.1. The number of halogens is 2. The molecule has 2 aromatic carbocycles. The number of benzene rings is 2. The molecule has 474 valence electrons. The molecule has 0 bridgehead atoms. The first-order valence-corrected chi connectivity index (χ1v) is 31.7. The number of nitrogens with two attached hydrogens (primary N) is 1. The maximum atomic E-state index is 14.0. The van der Waals surface area contributed by atoms with Crippen LogP contribution >= 0.6 is 21.6 Å². The standard InChI is InChI=1S/C62H74F2N12O11S2/c1-39(67-17-18-69-55(77)14-10-40-5-4-6-43-33-75(35-51(40)43)57(79)28-44-25-47(73-58(44)80)34-76-38-62(63,64)29-48(76)30-65)7-13-56(78)74-54(59(81)70-19-20-85-22-21-83-2)37-89-88-24-23-86-61(82)87-36-46-11-8-42(31-71-46)49-15-16-68-53-12-9-41(26-50(49)53)45-27-52(66)60(84-3)72-32-45/h4-6,8-9,11-12,15-16,26-27,31-32,44,47-48,54,67H,1,7,10,13-14,17-25,28-29,33-38,66H2,2-3H3,(H,69,77)(H,70,81)(H,73,80)(H,74,78)/t44-,47-,48-,54?/m0/s1. The number of ether oxygens (including phenoxy) is 5. The van der Waals surface area contributed by atoms with Crippen LogP contribution in [0.5, 0.6) is 5.88 Å². The van der Waals surface area contributed by atoms with Crippen LogP contribution in [0.15, 0.2) is 91.5 Å². The number of rotatable bonds is 33. The number of nitrogens with one attached hydrogen (secondary N) is 5. The minimum absolute atomic E-state index is 0.0218. The second kappa shape index (κ2) is 32.9. The average molecular weight is 1270 g/mol. The van der Waals surface area contributed by atoms with Gasteiger partial charge in [0.2, 0.25) is 35.4 Å². The second-order valence-electron chi connectivity index (χ2n) is 21.6. The Morgan fingerprint density at radius 1 is 0.888 bits per heavy atom. The third-order valence-corrected chi connectivity index (χ3v) is 17.5. The summed E-state index contributed by atoms with van der Waals surface area (Å²) < 4.78 is 54.3. The van der Waals surface area contributed by atoms with Gasteiger partial charge in [0.15, 0.2) is 0 Å². The van der Waals surface area contributed by atoms with Crippen LogP contribution in [0.1, 0.15) is 60.9 Å². The molecule has 6 heterocycles. The topological polar surface area (TPSA) is 304 Å². The van der Waals surface area contributed by atoms with E-state index in [1.807, 2.05) is 60.7 Å². The van der Waals surface area contributed by atoms with E-state index in [1.165, 1.54) is 33.6 Å². The van der Waals surface area contributed by atoms with E-state index in [4.69, 9.17) is 29.4 Å². The lowest BCUT2D eigenvalue weighted by molar-refractivity contribution is -0.135. The van der Waals surface area contributed by atoms with E-state index < -0.39 is 55.0 Å². The maximum absolute atomic E-state index is 14.0. The van der Waals surface area contributed by atoms with Crippen molar-refractivity contribution in [2.24, 2.45) is 5.92 Å². The van der Waals surface area contributed by atoms with E-state index in [-0.39, 0.29) is 88.0 Å². The summed E-state index contributed by atoms with van der Waals surface area (Å²) in [5, 5.41) is 24.7. The van der Waals surface area contributed by atoms with Crippen molar-refractivity contribution >= 4 is 73.9 Å². The van der Waals surface area contributed by atoms with Gasteiger partial charge >= 0.3 is 6.16 Å². The SMILES string of the molecule is C=C(CCC(=O)NC(CSSCCOC(=O)OCc1ccc(-c2ccnc3ccc(-c4cnc(OC)c(N)c4)cc23)cn1)C(=O)NCCOCCOC)NCCNC(=O)CCc1cccc2c1CN(C(=O)C[C@@H]1C[C@@H](CN3CC(F)(F)C[C@H]3C#N)NC1=O)C2. The number of pyridine rings is 3. The van der Waals surface area contributed by atoms with Gasteiger partial charge in [0.05, 0.1) is 56.4 Å². The monoisotopic (exact) mass is 1260 g/mol. The number of amides is 5. The van der Waals surface area contributed by atoms with Crippen molar-refractivity contribution in [1.82, 2.24) is 51.3 Å². The van der Waals surface area contributed by atoms with Crippen molar-refractivity contribution in [3.8, 4) is 34.2 Å². The largest absolute Gasteiger partial charge is 0.508 e. The number of allylic oxidation sites excluding steroid dienone is 1. The molecule has 3 aliphatic heterocycles. The molecule has 0 aliphatic carbocycles. The predicted octanol–water partition coefficient (Wildman–Crippen LogP) is 5.85. The van der Waals surface area contributed by atoms with Gasteiger partial charge in [-0.1, -0.05) is 58.5 Å². The summed E-state index contributed by atoms with van der Waals surface area (Å²) in [5.41, 5.74) is 14.8. The minimum Gasteiger partial charge on any atom is -0.480 e. The summed E-state index contributed by atoms with van der Waals surface area (Å²) in [5.74, 6) is -4.07. The molecule has 7 N–H and O–H groups in total. The van der Waals surface area contributed by atoms with Crippen molar-refractivity contribution in [2.45, 2.75) is 88.7 Å². The molecular formula is C62H74F2N12O11S2. The van der Waals surface area contributed by atoms with Crippen LogP contribution in [0.4, 0.5) is 19.3 Å². The molecule has 1 unspecified atom stereocenters. The highest BCUT2D eigenvalue weighted by Crippen LogP contribution is 2.35. The van der Waals surface area contributed by atoms with Gasteiger partial charge in [0.1, 0.15) is 25.3 Å². The van der Waals surface area contributed by atoms with Crippen LogP contribution in [0.25, 0.3) is 33.2 Å². The zero-order valence-electron chi connectivity index (χ0n) is 49.7. The van der Waals surface area contributed by atoms with E-state index in [2.05, 4.69) is 48.1 Å². The Morgan fingerprint density at radius 3 is 2.49 bits per heavy atom. The van der Waals surface area contributed by atoms with Crippen molar-refractivity contribution in [3.63, 3.8) is 0 Å². The summed E-state index contributed by atoms with van der Waals surface area (Å²) >= 11 is 0. The van der Waals surface area contributed by atoms with Crippen molar-refractivity contribution in [2.75, 3.05) is 90.6 Å². The number of hydrogen-bond acceptors (Lipinski definition) is 20. The first-order chi connectivity index (χ1) is 43.0. The Bertz CT molecular complexity index is 3360. The Balaban J connectivity index is 0.697.